The van der Waals surface area contributed by atoms with E-state index < -0.39 is 6.03 Å². The van der Waals surface area contributed by atoms with Gasteiger partial charge in [0.1, 0.15) is 0 Å². The Morgan fingerprint density at radius 2 is 1.69 bits per heavy atom. The number of nitrogens with zero attached hydrogens (tertiary/aromatic N) is 2. The quantitative estimate of drug-likeness (QED) is 0.767. The van der Waals surface area contributed by atoms with E-state index in [9.17, 15) is 14.4 Å². The number of nitrogens with one attached hydrogen (secondary N) is 2. The lowest BCUT2D eigenvalue weighted by molar-refractivity contribution is -0.125. The van der Waals surface area contributed by atoms with Gasteiger partial charge < -0.3 is 15.5 Å². The van der Waals surface area contributed by atoms with Gasteiger partial charge in [-0.2, -0.15) is 0 Å². The number of urea groups is 1. The fourth-order valence-corrected chi connectivity index (χ4v) is 3.77. The second-order valence-corrected chi connectivity index (χ2v) is 7.34. The molecule has 0 aromatic heterocycles. The van der Waals surface area contributed by atoms with Crippen LogP contribution in [0.2, 0.25) is 0 Å². The highest BCUT2D eigenvalue weighted by Gasteiger charge is 2.29. The van der Waals surface area contributed by atoms with E-state index in [1.807, 2.05) is 24.3 Å². The first kappa shape index (κ1) is 19.0. The van der Waals surface area contributed by atoms with Crippen molar-refractivity contribution in [1.82, 2.24) is 10.2 Å². The predicted molar refractivity (Wildman–Crippen MR) is 111 cm³/mol. The van der Waals surface area contributed by atoms with Crippen LogP contribution in [-0.2, 0) is 11.3 Å². The Morgan fingerprint density at radius 1 is 0.966 bits per heavy atom. The maximum atomic E-state index is 12.8. The van der Waals surface area contributed by atoms with Gasteiger partial charge in [-0.05, 0) is 55.2 Å². The minimum Gasteiger partial charge on any atom is -0.372 e. The highest BCUT2D eigenvalue weighted by atomic mass is 16.2. The van der Waals surface area contributed by atoms with Crippen molar-refractivity contribution < 1.29 is 14.4 Å². The zero-order valence-electron chi connectivity index (χ0n) is 16.2. The number of rotatable bonds is 5. The van der Waals surface area contributed by atoms with Crippen LogP contribution in [0.15, 0.2) is 48.5 Å². The summed E-state index contributed by atoms with van der Waals surface area (Å²) in [5.74, 6) is -0.558. The highest BCUT2D eigenvalue weighted by molar-refractivity contribution is 6.06. The van der Waals surface area contributed by atoms with Crippen molar-refractivity contribution in [3.63, 3.8) is 0 Å². The van der Waals surface area contributed by atoms with Crippen LogP contribution in [0.1, 0.15) is 35.2 Å². The summed E-state index contributed by atoms with van der Waals surface area (Å²) in [6, 6.07) is 14.4. The molecular weight excluding hydrogens is 368 g/mol. The SMILES string of the molecule is O=C(Nc1ccc(N2CCCCC2)cc1)c1ccccc1CN1C(=O)CNC1=O. The molecule has 2 N–H and O–H groups in total. The van der Waals surface area contributed by atoms with E-state index >= 15 is 0 Å². The molecule has 2 aromatic rings. The smallest absolute Gasteiger partial charge is 0.324 e. The molecular formula is C22H24N4O3. The second-order valence-electron chi connectivity index (χ2n) is 7.34. The molecule has 7 nitrogen and oxygen atoms in total. The number of carbonyl (C=O) groups excluding carboxylic acids is 3. The van der Waals surface area contributed by atoms with Gasteiger partial charge in [0.2, 0.25) is 5.91 Å². The average molecular weight is 392 g/mol. The van der Waals surface area contributed by atoms with Crippen LogP contribution in [0.5, 0.6) is 0 Å². The predicted octanol–water partition coefficient (Wildman–Crippen LogP) is 2.98. The van der Waals surface area contributed by atoms with E-state index in [4.69, 9.17) is 0 Å². The lowest BCUT2D eigenvalue weighted by Gasteiger charge is -2.28. The molecule has 0 aliphatic carbocycles. The maximum Gasteiger partial charge on any atom is 0.324 e. The van der Waals surface area contributed by atoms with Gasteiger partial charge in [-0.25, -0.2) is 4.79 Å². The van der Waals surface area contributed by atoms with Crippen molar-refractivity contribution in [2.75, 3.05) is 29.9 Å². The summed E-state index contributed by atoms with van der Waals surface area (Å²) in [4.78, 5) is 40.0. The number of carbonyl (C=O) groups is 3. The van der Waals surface area contributed by atoms with Gasteiger partial charge in [-0.3, -0.25) is 14.5 Å². The molecule has 2 aliphatic heterocycles. The van der Waals surface area contributed by atoms with Gasteiger partial charge in [0.05, 0.1) is 13.1 Å². The van der Waals surface area contributed by atoms with Crippen LogP contribution in [-0.4, -0.2) is 42.4 Å². The topological polar surface area (TPSA) is 81.8 Å². The van der Waals surface area contributed by atoms with E-state index in [1.165, 1.54) is 24.9 Å². The van der Waals surface area contributed by atoms with Gasteiger partial charge in [0.25, 0.3) is 5.91 Å². The average Bonchev–Trinajstić information content (AvgIpc) is 3.07. The standard InChI is InChI=1S/C22H24N4O3/c27-20-14-23-22(29)26(20)15-16-6-2-3-7-19(16)21(28)24-17-8-10-18(11-9-17)25-12-4-1-5-13-25/h2-3,6-11H,1,4-5,12-15H2,(H,23,29)(H,24,28). The summed E-state index contributed by atoms with van der Waals surface area (Å²) in [6.45, 7) is 2.21. The number of hydrogen-bond acceptors (Lipinski definition) is 4. The molecule has 4 amide bonds. The Morgan fingerprint density at radius 3 is 2.38 bits per heavy atom. The minimum absolute atomic E-state index is 0.00341. The van der Waals surface area contributed by atoms with Gasteiger partial charge >= 0.3 is 6.03 Å². The Bertz CT molecular complexity index is 904. The van der Waals surface area contributed by atoms with E-state index in [0.717, 1.165) is 18.0 Å². The molecule has 150 valence electrons. The Balaban J connectivity index is 1.46. The zero-order chi connectivity index (χ0) is 20.2. The number of benzene rings is 2. The van der Waals surface area contributed by atoms with E-state index in [0.29, 0.717) is 16.8 Å². The number of piperidine rings is 1. The van der Waals surface area contributed by atoms with Crippen molar-refractivity contribution in [2.45, 2.75) is 25.8 Å². The molecule has 0 saturated carbocycles. The van der Waals surface area contributed by atoms with Crippen LogP contribution < -0.4 is 15.5 Å². The van der Waals surface area contributed by atoms with Crippen LogP contribution >= 0.6 is 0 Å². The Hall–Kier alpha value is -3.35. The fraction of sp³-hybridized carbons (Fsp3) is 0.318. The first-order chi connectivity index (χ1) is 14.1. The highest BCUT2D eigenvalue weighted by Crippen LogP contribution is 2.22. The molecule has 29 heavy (non-hydrogen) atoms. The van der Waals surface area contributed by atoms with Crippen molar-refractivity contribution in [3.8, 4) is 0 Å². The molecule has 2 fully saturated rings. The Kier molecular flexibility index (Phi) is 5.46. The molecule has 7 heteroatoms. The summed E-state index contributed by atoms with van der Waals surface area (Å²) in [6.07, 6.45) is 3.72. The molecule has 2 heterocycles. The third-order valence-electron chi connectivity index (χ3n) is 5.37. The first-order valence-electron chi connectivity index (χ1n) is 9.94. The monoisotopic (exact) mass is 392 g/mol. The van der Waals surface area contributed by atoms with E-state index in [-0.39, 0.29) is 24.9 Å². The van der Waals surface area contributed by atoms with Crippen LogP contribution in [0.25, 0.3) is 0 Å². The molecule has 2 saturated heterocycles. The minimum atomic E-state index is -0.432. The summed E-state index contributed by atoms with van der Waals surface area (Å²) in [5, 5.41) is 5.41. The van der Waals surface area contributed by atoms with Crippen molar-refractivity contribution in [2.24, 2.45) is 0 Å². The summed E-state index contributed by atoms with van der Waals surface area (Å²) < 4.78 is 0. The van der Waals surface area contributed by atoms with Gasteiger partial charge in [0, 0.05) is 30.0 Å². The third kappa shape index (κ3) is 4.23. The molecule has 4 rings (SSSR count). The number of imide groups is 1. The molecule has 2 aromatic carbocycles. The number of hydrogen-bond donors (Lipinski definition) is 2. The number of anilines is 2. The number of amides is 4. The maximum absolute atomic E-state index is 12.8. The van der Waals surface area contributed by atoms with E-state index in [1.54, 1.807) is 24.3 Å². The normalized spacial score (nSPS) is 16.7. The van der Waals surface area contributed by atoms with Crippen LogP contribution in [0.4, 0.5) is 16.2 Å². The summed E-state index contributed by atoms with van der Waals surface area (Å²) in [5.41, 5.74) is 2.95. The van der Waals surface area contributed by atoms with Crippen molar-refractivity contribution in [3.05, 3.63) is 59.7 Å². The Labute approximate surface area is 169 Å². The third-order valence-corrected chi connectivity index (χ3v) is 5.37. The molecule has 0 unspecified atom stereocenters. The van der Waals surface area contributed by atoms with Gasteiger partial charge in [-0.1, -0.05) is 18.2 Å². The van der Waals surface area contributed by atoms with Crippen LogP contribution in [0, 0.1) is 0 Å². The van der Waals surface area contributed by atoms with Gasteiger partial charge in [0.15, 0.2) is 0 Å². The van der Waals surface area contributed by atoms with E-state index in [2.05, 4.69) is 15.5 Å². The largest absolute Gasteiger partial charge is 0.372 e. The zero-order valence-corrected chi connectivity index (χ0v) is 16.2. The first-order valence-corrected chi connectivity index (χ1v) is 9.94. The van der Waals surface area contributed by atoms with Crippen molar-refractivity contribution in [1.29, 1.82) is 0 Å². The lowest BCUT2D eigenvalue weighted by atomic mass is 10.1. The molecule has 0 atom stereocenters. The van der Waals surface area contributed by atoms with Crippen LogP contribution in [0.3, 0.4) is 0 Å². The van der Waals surface area contributed by atoms with Gasteiger partial charge in [-0.15, -0.1) is 0 Å². The molecule has 0 radical (unpaired) electrons. The van der Waals surface area contributed by atoms with Crippen molar-refractivity contribution >= 4 is 29.2 Å². The molecule has 2 aliphatic rings. The molecule has 0 bridgehead atoms. The second kappa shape index (κ2) is 8.34. The lowest BCUT2D eigenvalue weighted by Crippen LogP contribution is -2.31. The molecule has 0 spiro atoms. The summed E-state index contributed by atoms with van der Waals surface area (Å²) in [7, 11) is 0. The fourth-order valence-electron chi connectivity index (χ4n) is 3.77. The summed E-state index contributed by atoms with van der Waals surface area (Å²) >= 11 is 0.